The number of ether oxygens (including phenoxy) is 1. The zero-order valence-electron chi connectivity index (χ0n) is 13.5. The summed E-state index contributed by atoms with van der Waals surface area (Å²) >= 11 is 0. The van der Waals surface area contributed by atoms with Gasteiger partial charge in [0.2, 0.25) is 10.0 Å². The van der Waals surface area contributed by atoms with E-state index in [1.807, 2.05) is 6.92 Å². The molecule has 2 saturated heterocycles. The van der Waals surface area contributed by atoms with E-state index in [4.69, 9.17) is 4.74 Å². The third-order valence-electron chi connectivity index (χ3n) is 4.48. The summed E-state index contributed by atoms with van der Waals surface area (Å²) in [6, 6.07) is 0.952. The molecule has 2 aliphatic heterocycles. The lowest BCUT2D eigenvalue weighted by atomic mass is 9.97. The molecule has 6 heteroatoms. The first kappa shape index (κ1) is 17.2. The van der Waals surface area contributed by atoms with E-state index in [1.165, 1.54) is 0 Å². The van der Waals surface area contributed by atoms with Gasteiger partial charge in [-0.3, -0.25) is 0 Å². The molecular formula is C15H30N2O3S. The predicted octanol–water partition coefficient (Wildman–Crippen LogP) is 1.74. The van der Waals surface area contributed by atoms with Crippen LogP contribution in [-0.4, -0.2) is 55.9 Å². The van der Waals surface area contributed by atoms with Gasteiger partial charge in [-0.2, -0.15) is 0 Å². The van der Waals surface area contributed by atoms with Crippen LogP contribution >= 0.6 is 0 Å². The summed E-state index contributed by atoms with van der Waals surface area (Å²) in [6.45, 7) is 7.50. The van der Waals surface area contributed by atoms with Crippen molar-refractivity contribution in [3.8, 4) is 0 Å². The first-order valence-corrected chi connectivity index (χ1v) is 9.91. The van der Waals surface area contributed by atoms with Crippen molar-refractivity contribution in [1.29, 1.82) is 0 Å². The molecule has 0 aromatic heterocycles. The Morgan fingerprint density at radius 2 is 1.67 bits per heavy atom. The van der Waals surface area contributed by atoms with Crippen LogP contribution in [0.1, 0.15) is 52.9 Å². The molecule has 0 amide bonds. The maximum atomic E-state index is 12.1. The summed E-state index contributed by atoms with van der Waals surface area (Å²) in [7, 11) is -3.02. The molecule has 2 rings (SSSR count). The van der Waals surface area contributed by atoms with Gasteiger partial charge in [-0.15, -0.1) is 0 Å². The molecule has 0 saturated carbocycles. The number of piperidine rings is 1. The van der Waals surface area contributed by atoms with Gasteiger partial charge in [-0.05, 0) is 46.0 Å². The van der Waals surface area contributed by atoms with Gasteiger partial charge in [0.15, 0.2) is 0 Å². The second kappa shape index (κ2) is 7.40. The average molecular weight is 318 g/mol. The Hall–Kier alpha value is -0.170. The molecule has 124 valence electrons. The minimum Gasteiger partial charge on any atom is -0.375 e. The predicted molar refractivity (Wildman–Crippen MR) is 84.8 cm³/mol. The van der Waals surface area contributed by atoms with Crippen molar-refractivity contribution < 1.29 is 13.2 Å². The molecule has 2 atom stereocenters. The van der Waals surface area contributed by atoms with E-state index in [2.05, 4.69) is 19.2 Å². The zero-order chi connectivity index (χ0) is 15.5. The molecule has 2 fully saturated rings. The Kier molecular flexibility index (Phi) is 6.05. The molecule has 21 heavy (non-hydrogen) atoms. The topological polar surface area (TPSA) is 58.6 Å². The SMILES string of the molecule is CCCS(=O)(=O)N1CCC(NC2CC(C)OC(C)C2)CC1. The van der Waals surface area contributed by atoms with Crippen molar-refractivity contribution in [2.45, 2.75) is 77.2 Å². The molecule has 0 aromatic rings. The van der Waals surface area contributed by atoms with Crippen molar-refractivity contribution in [3.63, 3.8) is 0 Å². The van der Waals surface area contributed by atoms with Crippen molar-refractivity contribution in [2.75, 3.05) is 18.8 Å². The fraction of sp³-hybridized carbons (Fsp3) is 1.00. The van der Waals surface area contributed by atoms with Crippen LogP contribution in [0, 0.1) is 0 Å². The minimum absolute atomic E-state index is 0.278. The lowest BCUT2D eigenvalue weighted by Gasteiger charge is -2.38. The van der Waals surface area contributed by atoms with E-state index in [-0.39, 0.29) is 5.75 Å². The highest BCUT2D eigenvalue weighted by Gasteiger charge is 2.30. The highest BCUT2D eigenvalue weighted by molar-refractivity contribution is 7.89. The van der Waals surface area contributed by atoms with Crippen molar-refractivity contribution in [1.82, 2.24) is 9.62 Å². The number of nitrogens with one attached hydrogen (secondary N) is 1. The monoisotopic (exact) mass is 318 g/mol. The summed E-state index contributed by atoms with van der Waals surface area (Å²) in [5.74, 6) is 0.278. The molecule has 0 bridgehead atoms. The number of rotatable bonds is 5. The van der Waals surface area contributed by atoms with E-state index in [0.717, 1.165) is 25.7 Å². The van der Waals surface area contributed by atoms with E-state index in [1.54, 1.807) is 4.31 Å². The largest absolute Gasteiger partial charge is 0.375 e. The second-order valence-corrected chi connectivity index (χ2v) is 8.67. The van der Waals surface area contributed by atoms with E-state index >= 15 is 0 Å². The van der Waals surface area contributed by atoms with Crippen LogP contribution in [0.5, 0.6) is 0 Å². The molecule has 2 aliphatic rings. The van der Waals surface area contributed by atoms with Crippen molar-refractivity contribution in [2.24, 2.45) is 0 Å². The van der Waals surface area contributed by atoms with Crippen LogP contribution in [0.25, 0.3) is 0 Å². The minimum atomic E-state index is -3.02. The molecule has 0 spiro atoms. The van der Waals surface area contributed by atoms with Gasteiger partial charge < -0.3 is 10.1 Å². The van der Waals surface area contributed by atoms with Crippen LogP contribution in [0.2, 0.25) is 0 Å². The molecule has 2 unspecified atom stereocenters. The second-order valence-electron chi connectivity index (χ2n) is 6.58. The average Bonchev–Trinajstić information content (AvgIpc) is 2.38. The van der Waals surface area contributed by atoms with Crippen LogP contribution in [-0.2, 0) is 14.8 Å². The van der Waals surface area contributed by atoms with Crippen molar-refractivity contribution in [3.05, 3.63) is 0 Å². The Labute approximate surface area is 129 Å². The van der Waals surface area contributed by atoms with E-state index in [0.29, 0.717) is 43.8 Å². The molecule has 0 aliphatic carbocycles. The maximum Gasteiger partial charge on any atom is 0.214 e. The van der Waals surface area contributed by atoms with Crippen molar-refractivity contribution >= 4 is 10.0 Å². The highest BCUT2D eigenvalue weighted by Crippen LogP contribution is 2.22. The van der Waals surface area contributed by atoms with Crippen LogP contribution in [0.3, 0.4) is 0 Å². The summed E-state index contributed by atoms with van der Waals surface area (Å²) < 4.78 is 31.6. The van der Waals surface area contributed by atoms with Crippen LogP contribution in [0.15, 0.2) is 0 Å². The smallest absolute Gasteiger partial charge is 0.214 e. The van der Waals surface area contributed by atoms with Crippen LogP contribution < -0.4 is 5.32 Å². The van der Waals surface area contributed by atoms with Gasteiger partial charge in [0.1, 0.15) is 0 Å². The summed E-state index contributed by atoms with van der Waals surface area (Å²) in [6.07, 6.45) is 5.27. The molecular weight excluding hydrogens is 288 g/mol. The molecule has 0 aromatic carbocycles. The summed E-state index contributed by atoms with van der Waals surface area (Å²) in [5.41, 5.74) is 0. The number of hydrogen-bond donors (Lipinski definition) is 1. The summed E-state index contributed by atoms with van der Waals surface area (Å²) in [4.78, 5) is 0. The van der Waals surface area contributed by atoms with Gasteiger partial charge in [-0.1, -0.05) is 6.92 Å². The summed E-state index contributed by atoms with van der Waals surface area (Å²) in [5, 5.41) is 3.72. The first-order valence-electron chi connectivity index (χ1n) is 8.30. The van der Waals surface area contributed by atoms with Gasteiger partial charge in [0.05, 0.1) is 18.0 Å². The van der Waals surface area contributed by atoms with E-state index < -0.39 is 10.0 Å². The number of nitrogens with zero attached hydrogens (tertiary/aromatic N) is 1. The van der Waals surface area contributed by atoms with Gasteiger partial charge in [-0.25, -0.2) is 12.7 Å². The first-order chi connectivity index (χ1) is 9.90. The Bertz CT molecular complexity index is 409. The Balaban J connectivity index is 1.79. The highest BCUT2D eigenvalue weighted by atomic mass is 32.2. The maximum absolute atomic E-state index is 12.1. The zero-order valence-corrected chi connectivity index (χ0v) is 14.4. The lowest BCUT2D eigenvalue weighted by molar-refractivity contribution is -0.0442. The van der Waals surface area contributed by atoms with Gasteiger partial charge in [0, 0.05) is 25.2 Å². The third-order valence-corrected chi connectivity index (χ3v) is 6.55. The number of sulfonamides is 1. The van der Waals surface area contributed by atoms with Gasteiger partial charge in [0.25, 0.3) is 0 Å². The number of hydrogen-bond acceptors (Lipinski definition) is 4. The fourth-order valence-corrected chi connectivity index (χ4v) is 5.10. The fourth-order valence-electron chi connectivity index (χ4n) is 3.56. The normalized spacial score (nSPS) is 33.2. The van der Waals surface area contributed by atoms with E-state index in [9.17, 15) is 8.42 Å². The Morgan fingerprint density at radius 3 is 2.19 bits per heavy atom. The Morgan fingerprint density at radius 1 is 1.10 bits per heavy atom. The standard InChI is InChI=1S/C15H30N2O3S/c1-4-9-21(18,19)17-7-5-14(6-8-17)16-15-10-12(2)20-13(3)11-15/h12-16H,4-11H2,1-3H3. The lowest BCUT2D eigenvalue weighted by Crippen LogP contribution is -2.50. The van der Waals surface area contributed by atoms with Gasteiger partial charge >= 0.3 is 0 Å². The molecule has 5 nitrogen and oxygen atoms in total. The van der Waals surface area contributed by atoms with Crippen LogP contribution in [0.4, 0.5) is 0 Å². The molecule has 2 heterocycles. The third kappa shape index (κ3) is 4.91. The molecule has 0 radical (unpaired) electrons. The molecule has 1 N–H and O–H groups in total. The quantitative estimate of drug-likeness (QED) is 0.839.